The number of benzene rings is 1. The molecule has 1 aromatic heterocycles. The third kappa shape index (κ3) is 6.21. The van der Waals surface area contributed by atoms with E-state index in [1.54, 1.807) is 31.4 Å². The number of rotatable bonds is 8. The molecule has 0 aliphatic carbocycles. The fourth-order valence-corrected chi connectivity index (χ4v) is 3.57. The molecule has 0 bridgehead atoms. The summed E-state index contributed by atoms with van der Waals surface area (Å²) in [5.74, 6) is -0.00310. The summed E-state index contributed by atoms with van der Waals surface area (Å²) in [6.07, 6.45) is 0.874. The molecule has 156 valence electrons. The van der Waals surface area contributed by atoms with Gasteiger partial charge in [-0.05, 0) is 44.3 Å². The minimum absolute atomic E-state index is 0.142. The lowest BCUT2D eigenvalue weighted by atomic mass is 10.3. The van der Waals surface area contributed by atoms with E-state index < -0.39 is 5.91 Å². The number of ether oxygens (including phenoxy) is 1. The highest BCUT2D eigenvalue weighted by atomic mass is 32.1. The van der Waals surface area contributed by atoms with E-state index in [-0.39, 0.29) is 15.9 Å². The van der Waals surface area contributed by atoms with Gasteiger partial charge in [0.2, 0.25) is 10.0 Å². The fourth-order valence-electron chi connectivity index (χ4n) is 2.92. The Kier molecular flexibility index (Phi) is 7.50. The number of nitrogens with zero attached hydrogens (tertiary/aromatic N) is 4. The topological polar surface area (TPSA) is 99.7 Å². The Balaban J connectivity index is 1.42. The van der Waals surface area contributed by atoms with E-state index in [1.807, 2.05) is 0 Å². The number of piperazine rings is 1. The van der Waals surface area contributed by atoms with Gasteiger partial charge in [0.15, 0.2) is 0 Å². The van der Waals surface area contributed by atoms with Gasteiger partial charge in [0.05, 0.1) is 7.11 Å². The van der Waals surface area contributed by atoms with Crippen LogP contribution >= 0.6 is 11.3 Å². The largest absolute Gasteiger partial charge is 0.497 e. The van der Waals surface area contributed by atoms with Crippen LogP contribution in [0, 0.1) is 0 Å². The quantitative estimate of drug-likeness (QED) is 0.621. The van der Waals surface area contributed by atoms with Gasteiger partial charge in [0, 0.05) is 38.4 Å². The molecular formula is C19H26N6O3S. The summed E-state index contributed by atoms with van der Waals surface area (Å²) in [5.41, 5.74) is 0.612. The van der Waals surface area contributed by atoms with E-state index in [0.29, 0.717) is 18.0 Å². The van der Waals surface area contributed by atoms with Crippen molar-refractivity contribution in [2.75, 3.05) is 58.7 Å². The van der Waals surface area contributed by atoms with Gasteiger partial charge < -0.3 is 25.2 Å². The molecule has 2 aromatic rings. The van der Waals surface area contributed by atoms with Gasteiger partial charge in [-0.2, -0.15) is 0 Å². The van der Waals surface area contributed by atoms with Crippen LogP contribution in [0.1, 0.15) is 26.0 Å². The fraction of sp³-hybridized carbons (Fsp3) is 0.474. The summed E-state index contributed by atoms with van der Waals surface area (Å²) in [4.78, 5) is 29.2. The van der Waals surface area contributed by atoms with Gasteiger partial charge in [-0.3, -0.25) is 9.59 Å². The number of anilines is 1. The number of amides is 2. The van der Waals surface area contributed by atoms with Crippen molar-refractivity contribution in [2.24, 2.45) is 0 Å². The molecule has 0 saturated carbocycles. The molecule has 1 aromatic carbocycles. The van der Waals surface area contributed by atoms with Crippen LogP contribution in [0.2, 0.25) is 0 Å². The van der Waals surface area contributed by atoms with Gasteiger partial charge in [-0.25, -0.2) is 0 Å². The van der Waals surface area contributed by atoms with E-state index in [2.05, 4.69) is 37.7 Å². The Morgan fingerprint density at radius 3 is 2.38 bits per heavy atom. The zero-order valence-corrected chi connectivity index (χ0v) is 17.5. The van der Waals surface area contributed by atoms with Crippen LogP contribution in [0.3, 0.4) is 0 Å². The van der Waals surface area contributed by atoms with Crippen molar-refractivity contribution in [1.29, 1.82) is 0 Å². The summed E-state index contributed by atoms with van der Waals surface area (Å²) < 4.78 is 5.09. The zero-order valence-electron chi connectivity index (χ0n) is 16.7. The molecule has 1 aliphatic rings. The van der Waals surface area contributed by atoms with Crippen LogP contribution in [0.15, 0.2) is 24.3 Å². The normalized spacial score (nSPS) is 15.1. The van der Waals surface area contributed by atoms with Crippen molar-refractivity contribution in [3.63, 3.8) is 0 Å². The smallest absolute Gasteiger partial charge is 0.286 e. The summed E-state index contributed by atoms with van der Waals surface area (Å²) in [6.45, 7) is 5.82. The maximum atomic E-state index is 12.3. The average Bonchev–Trinajstić information content (AvgIpc) is 3.23. The molecule has 0 radical (unpaired) electrons. The predicted molar refractivity (Wildman–Crippen MR) is 112 cm³/mol. The first-order valence-electron chi connectivity index (χ1n) is 9.53. The Morgan fingerprint density at radius 2 is 1.72 bits per heavy atom. The van der Waals surface area contributed by atoms with E-state index >= 15 is 0 Å². The molecule has 1 fully saturated rings. The minimum atomic E-state index is -0.401. The van der Waals surface area contributed by atoms with Crippen LogP contribution in [0.25, 0.3) is 0 Å². The average molecular weight is 419 g/mol. The Labute approximate surface area is 174 Å². The van der Waals surface area contributed by atoms with E-state index in [9.17, 15) is 9.59 Å². The zero-order chi connectivity index (χ0) is 20.6. The lowest BCUT2D eigenvalue weighted by Gasteiger charge is -2.32. The first-order valence-corrected chi connectivity index (χ1v) is 10.3. The molecule has 3 rings (SSSR count). The van der Waals surface area contributed by atoms with E-state index in [4.69, 9.17) is 4.74 Å². The predicted octanol–water partition coefficient (Wildman–Crippen LogP) is 1.17. The van der Waals surface area contributed by atoms with Gasteiger partial charge in [0.1, 0.15) is 5.75 Å². The summed E-state index contributed by atoms with van der Waals surface area (Å²) in [5, 5.41) is 13.6. The summed E-state index contributed by atoms with van der Waals surface area (Å²) in [7, 11) is 3.71. The molecule has 29 heavy (non-hydrogen) atoms. The highest BCUT2D eigenvalue weighted by molar-refractivity contribution is 7.15. The lowest BCUT2D eigenvalue weighted by molar-refractivity contribution is 0.0947. The van der Waals surface area contributed by atoms with Gasteiger partial charge in [-0.1, -0.05) is 11.3 Å². The third-order valence-electron chi connectivity index (χ3n) is 4.69. The van der Waals surface area contributed by atoms with Crippen molar-refractivity contribution >= 4 is 28.8 Å². The van der Waals surface area contributed by atoms with Crippen molar-refractivity contribution in [3.8, 4) is 5.75 Å². The van der Waals surface area contributed by atoms with E-state index in [0.717, 1.165) is 50.5 Å². The van der Waals surface area contributed by atoms with Crippen molar-refractivity contribution in [3.05, 3.63) is 34.3 Å². The van der Waals surface area contributed by atoms with Crippen molar-refractivity contribution < 1.29 is 14.3 Å². The van der Waals surface area contributed by atoms with Gasteiger partial charge in [-0.15, -0.1) is 10.2 Å². The molecule has 2 amide bonds. The van der Waals surface area contributed by atoms with Crippen LogP contribution in [0.5, 0.6) is 5.75 Å². The first-order chi connectivity index (χ1) is 14.0. The monoisotopic (exact) mass is 418 g/mol. The maximum absolute atomic E-state index is 12.3. The highest BCUT2D eigenvalue weighted by Crippen LogP contribution is 2.17. The number of carbonyl (C=O) groups excluding carboxylic acids is 2. The second-order valence-electron chi connectivity index (χ2n) is 6.85. The number of likely N-dealkylation sites (N-methyl/N-ethyl adjacent to an activating group) is 1. The molecular weight excluding hydrogens is 392 g/mol. The van der Waals surface area contributed by atoms with Crippen LogP contribution < -0.4 is 15.4 Å². The number of hydrogen-bond acceptors (Lipinski definition) is 8. The number of nitrogens with one attached hydrogen (secondary N) is 2. The van der Waals surface area contributed by atoms with Crippen LogP contribution in [-0.2, 0) is 0 Å². The standard InChI is InChI=1S/C19H26N6O3S/c1-24-10-12-25(13-11-24)9-3-8-20-16(26)18-22-23-19(29-18)17(27)21-14-4-6-15(28-2)7-5-14/h4-7H,3,8-13H2,1-2H3,(H,20,26)(H,21,27). The second-order valence-corrected chi connectivity index (χ2v) is 7.83. The van der Waals surface area contributed by atoms with Gasteiger partial charge >= 0.3 is 0 Å². The van der Waals surface area contributed by atoms with Crippen LogP contribution in [-0.4, -0.2) is 85.2 Å². The van der Waals surface area contributed by atoms with Crippen LogP contribution in [0.4, 0.5) is 5.69 Å². The molecule has 0 spiro atoms. The summed E-state index contributed by atoms with van der Waals surface area (Å²) in [6, 6.07) is 6.95. The SMILES string of the molecule is COc1ccc(NC(=O)c2nnc(C(=O)NCCCN3CCN(C)CC3)s2)cc1. The Bertz CT molecular complexity index is 818. The molecule has 9 nitrogen and oxygen atoms in total. The molecule has 10 heteroatoms. The maximum Gasteiger partial charge on any atom is 0.286 e. The van der Waals surface area contributed by atoms with Gasteiger partial charge in [0.25, 0.3) is 11.8 Å². The van der Waals surface area contributed by atoms with Crippen molar-refractivity contribution in [1.82, 2.24) is 25.3 Å². The van der Waals surface area contributed by atoms with Crippen molar-refractivity contribution in [2.45, 2.75) is 6.42 Å². The first kappa shape index (κ1) is 21.2. The molecule has 1 saturated heterocycles. The molecule has 1 aliphatic heterocycles. The minimum Gasteiger partial charge on any atom is -0.497 e. The molecule has 2 heterocycles. The lowest BCUT2D eigenvalue weighted by Crippen LogP contribution is -2.45. The Morgan fingerprint density at radius 1 is 1.07 bits per heavy atom. The summed E-state index contributed by atoms with van der Waals surface area (Å²) >= 11 is 0.975. The number of methoxy groups -OCH3 is 1. The highest BCUT2D eigenvalue weighted by Gasteiger charge is 2.18. The third-order valence-corrected chi connectivity index (χ3v) is 5.61. The Hall–Kier alpha value is -2.56. The van der Waals surface area contributed by atoms with E-state index in [1.165, 1.54) is 0 Å². The number of carbonyl (C=O) groups is 2. The number of aromatic nitrogens is 2. The molecule has 2 N–H and O–H groups in total. The molecule has 0 unspecified atom stereocenters. The number of hydrogen-bond donors (Lipinski definition) is 2. The molecule has 0 atom stereocenters. The second kappa shape index (κ2) is 10.3.